The van der Waals surface area contributed by atoms with Crippen molar-refractivity contribution in [2.75, 3.05) is 42.5 Å². The minimum atomic E-state index is -4.13. The average Bonchev–Trinajstić information content (AvgIpc) is 1.62. The molecule has 6 heterocycles. The standard InChI is InChI=1S/C16H23N3Si.C15H16F3N3.ClH.S62/c1-20(2,3)9-8-13-4-7-16(17-10-13)19-11-14-5-6-15(12-19)18-14;1-2-11-3-6-14(19-7-11)20-8-12-4-5-13(9-20)21(12)10-15(16,17)18;;1-3-5-7-9-11-13-15-17-19-21-23-25-27-29-31-33-35-37-39-41-43-45-47-49-51-53-55-57-59-61-62-60-58-56-54-52-50-48-46-44-42-40-38-36-34-32-30-28-26-24-22-20-18-16-14-12-10-8-6-4-2/h4,7,10,14-15,18H,5-6,11-12H2,1-3H3;1,3,6-7,12-13H,4-5,8-10H2;1H;. The average molecular weight is 2610 g/mol. The summed E-state index contributed by atoms with van der Waals surface area (Å²) in [4.78, 5) is 15.0. The summed E-state index contributed by atoms with van der Waals surface area (Å²) in [5, 5.41) is 3.65. The summed E-state index contributed by atoms with van der Waals surface area (Å²) in [5.41, 5.74) is 5.13. The third-order valence-electron chi connectivity index (χ3n) is 9.74. The van der Waals surface area contributed by atoms with Gasteiger partial charge in [-0.05, 0) is 49.9 Å². The molecule has 73 heteroatoms. The number of anilines is 2. The van der Waals surface area contributed by atoms with Crippen LogP contribution < -0.4 is 15.1 Å². The second-order valence-corrected chi connectivity index (χ2v) is 128. The van der Waals surface area contributed by atoms with E-state index in [1.807, 2.05) is 427 Å². The van der Waals surface area contributed by atoms with Gasteiger partial charge in [0.05, 0.1) is 6.54 Å². The van der Waals surface area contributed by atoms with Crippen LogP contribution in [0.5, 0.6) is 0 Å². The molecule has 0 aromatic carbocycles. The molecule has 0 radical (unpaired) electrons. The fourth-order valence-corrected chi connectivity index (χ4v) is 167. The number of pyridine rings is 2. The Morgan fingerprint density at radius 2 is 0.635 bits per heavy atom. The Labute approximate surface area is 791 Å². The van der Waals surface area contributed by atoms with Crippen molar-refractivity contribution in [1.82, 2.24) is 20.2 Å². The van der Waals surface area contributed by atoms with Gasteiger partial charge in [0, 0.05) is 629 Å². The molecule has 4 atom stereocenters. The van der Waals surface area contributed by atoms with E-state index < -0.39 is 20.8 Å². The van der Waals surface area contributed by atoms with E-state index in [9.17, 15) is 13.2 Å². The number of alkyl halides is 3. The summed E-state index contributed by atoms with van der Waals surface area (Å²) < 4.78 is 37.9. The molecule has 6 rings (SSSR count). The SMILES string of the molecule is C#Cc1ccc(N2CC3CCC(C2)N3CC(F)(F)F)nc1.C[Si](C)(C)C#Cc1ccc(N2CC3CCC(C2)N3)nc1.Cl.S=S=S=S=S=S=S=S=S=S=S=S=S=S=S=S=S=S=S=S=S=S=S=S=S=S=S=S=S=S=S=S=S=S=S=S=S=S=S=S=S=S=S=S=S=S=S=S=S=S=S=S=S=S=S=S=S=S=S=S=S=S. The first-order valence-electron chi connectivity index (χ1n) is 24.6. The van der Waals surface area contributed by atoms with Crippen molar-refractivity contribution in [2.45, 2.75) is 75.7 Å². The van der Waals surface area contributed by atoms with Gasteiger partial charge in [-0.2, -0.15) is 13.2 Å². The lowest BCUT2D eigenvalue weighted by atomic mass is 10.2. The number of hydrogen-bond donors (Lipinski definition) is 1. The molecule has 0 saturated carbocycles. The largest absolute Gasteiger partial charge is 0.401 e. The molecule has 2 aromatic rings. The summed E-state index contributed by atoms with van der Waals surface area (Å²) >= 11 is 9.64. The number of terminal acetylenes is 1. The highest BCUT2D eigenvalue weighted by molar-refractivity contribution is 8.83. The van der Waals surface area contributed by atoms with Crippen LogP contribution in [0.15, 0.2) is 36.7 Å². The van der Waals surface area contributed by atoms with E-state index in [0.717, 1.165) is 43.1 Å². The Hall–Kier alpha value is 10.9. The first kappa shape index (κ1) is 109. The topological polar surface area (TPSA) is 47.5 Å². The van der Waals surface area contributed by atoms with Gasteiger partial charge in [0.25, 0.3) is 0 Å². The fourth-order valence-electron chi connectivity index (χ4n) is 6.85. The molecule has 0 aliphatic carbocycles. The number of nitrogens with one attached hydrogen (secondary N) is 1. The Morgan fingerprint density at radius 1 is 0.394 bits per heavy atom. The number of hydrogen-bond acceptors (Lipinski definition) is 8. The molecule has 4 saturated heterocycles. The molecular formula is C31H40ClF3N6S62Si. The predicted molar refractivity (Wildman–Crippen MR) is 624 cm³/mol. The summed E-state index contributed by atoms with van der Waals surface area (Å²) in [6.45, 7) is 9.34. The molecule has 4 aliphatic heterocycles. The highest BCUT2D eigenvalue weighted by Crippen LogP contribution is 2.34. The van der Waals surface area contributed by atoms with Crippen molar-refractivity contribution in [1.29, 1.82) is 0 Å². The maximum absolute atomic E-state index is 12.6. The first-order chi connectivity index (χ1) is 50.4. The van der Waals surface area contributed by atoms with Crippen LogP contribution >= 0.6 is 12.4 Å². The molecule has 2 aromatic heterocycles. The van der Waals surface area contributed by atoms with E-state index in [4.69, 9.17) is 28.8 Å². The van der Waals surface area contributed by atoms with Gasteiger partial charge >= 0.3 is 6.18 Å². The van der Waals surface area contributed by atoms with Gasteiger partial charge in [-0.15, -0.1) is 24.4 Å². The van der Waals surface area contributed by atoms with E-state index >= 15 is 0 Å². The van der Waals surface area contributed by atoms with E-state index in [-0.39, 0.29) is 24.5 Å². The molecule has 0 spiro atoms. The second-order valence-electron chi connectivity index (χ2n) is 16.7. The summed E-state index contributed by atoms with van der Waals surface area (Å²) in [7, 11) is 106. The highest BCUT2D eigenvalue weighted by Gasteiger charge is 2.45. The molecule has 4 bridgehead atoms. The van der Waals surface area contributed by atoms with Crippen LogP contribution in [-0.4, -0.2) is 86.0 Å². The highest BCUT2D eigenvalue weighted by atomic mass is 35.5. The van der Waals surface area contributed by atoms with Crippen LogP contribution in [0.4, 0.5) is 24.8 Å². The van der Waals surface area contributed by atoms with E-state index in [0.29, 0.717) is 30.7 Å². The van der Waals surface area contributed by atoms with Crippen molar-refractivity contribution in [3.05, 3.63) is 47.8 Å². The lowest BCUT2D eigenvalue weighted by molar-refractivity contribution is -0.153. The van der Waals surface area contributed by atoms with Crippen LogP contribution in [0, 0.1) is 23.8 Å². The second kappa shape index (κ2) is 77.4. The normalized spacial score (nSPS) is 14.7. The minimum absolute atomic E-state index is 0. The van der Waals surface area contributed by atoms with Crippen molar-refractivity contribution in [3.63, 3.8) is 0 Å². The summed E-state index contributed by atoms with van der Waals surface area (Å²) in [6, 6.07) is 9.11. The van der Waals surface area contributed by atoms with Crippen molar-refractivity contribution in [2.24, 2.45) is 0 Å². The third kappa shape index (κ3) is 63.7. The van der Waals surface area contributed by atoms with Crippen LogP contribution in [0.3, 0.4) is 0 Å². The number of fused-ring (bicyclic) bond motifs is 4. The van der Waals surface area contributed by atoms with Gasteiger partial charge in [-0.1, -0.05) is 31.5 Å². The van der Waals surface area contributed by atoms with Crippen LogP contribution in [0.1, 0.15) is 36.8 Å². The van der Waals surface area contributed by atoms with Gasteiger partial charge < -0.3 is 15.1 Å². The molecule has 4 aliphatic rings. The van der Waals surface area contributed by atoms with Gasteiger partial charge in [0.2, 0.25) is 0 Å². The molecule has 4 unspecified atom stereocenters. The van der Waals surface area contributed by atoms with Crippen LogP contribution in [-0.2, 0) is 555 Å². The quantitative estimate of drug-likeness (QED) is 0.348. The van der Waals surface area contributed by atoms with Crippen molar-refractivity contribution >= 4 is 587 Å². The van der Waals surface area contributed by atoms with E-state index in [2.05, 4.69) is 74.2 Å². The minimum Gasteiger partial charge on any atom is -0.353 e. The molecule has 4 fully saturated rings. The predicted octanol–water partition coefficient (Wildman–Crippen LogP) is 4.80. The van der Waals surface area contributed by atoms with Gasteiger partial charge in [0.1, 0.15) is 19.7 Å². The number of rotatable bonds is 3. The van der Waals surface area contributed by atoms with E-state index in [1.54, 1.807) is 118 Å². The van der Waals surface area contributed by atoms with E-state index in [1.165, 1.54) is 30.6 Å². The Morgan fingerprint density at radius 3 is 0.846 bits per heavy atom. The number of halogens is 4. The lowest BCUT2D eigenvalue weighted by Crippen LogP contribution is -2.56. The zero-order valence-corrected chi connectivity index (χ0v) is 102. The van der Waals surface area contributed by atoms with Crippen molar-refractivity contribution < 1.29 is 13.2 Å². The summed E-state index contributed by atoms with van der Waals surface area (Å²) in [6.07, 6.45) is 8.96. The smallest absolute Gasteiger partial charge is 0.353 e. The Bertz CT molecular complexity index is 6200. The molecular weight excluding hydrogens is 2570 g/mol. The zero-order chi connectivity index (χ0) is 73.6. The molecule has 0 amide bonds. The third-order valence-corrected chi connectivity index (χ3v) is 142. The van der Waals surface area contributed by atoms with Crippen LogP contribution in [0.2, 0.25) is 19.6 Å². The molecule has 6 nitrogen and oxygen atoms in total. The number of aromatic nitrogens is 2. The van der Waals surface area contributed by atoms with Crippen molar-refractivity contribution in [3.8, 4) is 23.8 Å². The van der Waals surface area contributed by atoms with Gasteiger partial charge in [-0.3, -0.25) is 4.90 Å². The lowest BCUT2D eigenvalue weighted by Gasteiger charge is -2.41. The first-order valence-corrected chi connectivity index (χ1v) is 109. The molecule has 598 valence electrons. The maximum atomic E-state index is 12.6. The molecule has 1 N–H and O–H groups in total. The van der Waals surface area contributed by atoms with Gasteiger partial charge in [0.15, 0.2) is 0 Å². The van der Waals surface area contributed by atoms with Gasteiger partial charge in [-0.25, -0.2) is 9.97 Å². The zero-order valence-electron chi connectivity index (χ0n) is 49.8. The van der Waals surface area contributed by atoms with Crippen LogP contribution in [0.25, 0.3) is 0 Å². The maximum Gasteiger partial charge on any atom is 0.401 e. The monoisotopic (exact) mass is 2600 g/mol. The Balaban J connectivity index is 0.000000528. The number of piperazine rings is 2. The Kier molecular flexibility index (Phi) is 81.2. The fraction of sp³-hybridized carbons (Fsp3) is 0.548. The number of nitrogens with zero attached hydrogens (tertiary/aromatic N) is 5. The molecule has 104 heavy (non-hydrogen) atoms. The summed E-state index contributed by atoms with van der Waals surface area (Å²) in [5.74, 6) is 7.66.